The molecular formula is C13H26O2. The van der Waals surface area contributed by atoms with Gasteiger partial charge in [-0.05, 0) is 38.5 Å². The van der Waals surface area contributed by atoms with Crippen molar-refractivity contribution in [2.75, 3.05) is 13.2 Å². The Bertz CT molecular complexity index is 160. The van der Waals surface area contributed by atoms with Gasteiger partial charge in [0.2, 0.25) is 0 Å². The molecule has 90 valence electrons. The Kier molecular flexibility index (Phi) is 5.62. The predicted molar refractivity (Wildman–Crippen MR) is 62.9 cm³/mol. The summed E-state index contributed by atoms with van der Waals surface area (Å²) in [4.78, 5) is 0. The Labute approximate surface area is 94.0 Å². The van der Waals surface area contributed by atoms with E-state index in [1.807, 2.05) is 6.92 Å². The molecule has 0 aromatic heterocycles. The van der Waals surface area contributed by atoms with Crippen LogP contribution in [0.25, 0.3) is 0 Å². The molecule has 1 saturated heterocycles. The smallest absolute Gasteiger partial charge is 0.0622 e. The molecule has 15 heavy (non-hydrogen) atoms. The van der Waals surface area contributed by atoms with Gasteiger partial charge in [-0.3, -0.25) is 0 Å². The lowest BCUT2D eigenvalue weighted by atomic mass is 9.84. The van der Waals surface area contributed by atoms with Crippen molar-refractivity contribution < 1.29 is 9.84 Å². The van der Waals surface area contributed by atoms with Gasteiger partial charge in [0.15, 0.2) is 0 Å². The minimum Gasteiger partial charge on any atom is -0.390 e. The van der Waals surface area contributed by atoms with Crippen LogP contribution >= 0.6 is 0 Å². The number of aliphatic hydroxyl groups is 1. The molecule has 1 aliphatic heterocycles. The molecule has 0 aromatic rings. The molecular weight excluding hydrogens is 188 g/mol. The summed E-state index contributed by atoms with van der Waals surface area (Å²) in [6, 6.07) is 0. The van der Waals surface area contributed by atoms with Crippen molar-refractivity contribution in [3.63, 3.8) is 0 Å². The van der Waals surface area contributed by atoms with Gasteiger partial charge in [0.1, 0.15) is 0 Å². The maximum Gasteiger partial charge on any atom is 0.0622 e. The van der Waals surface area contributed by atoms with Crippen molar-refractivity contribution in [3.05, 3.63) is 0 Å². The van der Waals surface area contributed by atoms with E-state index in [0.29, 0.717) is 5.92 Å². The zero-order valence-corrected chi connectivity index (χ0v) is 10.3. The van der Waals surface area contributed by atoms with Crippen molar-refractivity contribution >= 4 is 0 Å². The van der Waals surface area contributed by atoms with Crippen LogP contribution in [0, 0.1) is 5.92 Å². The van der Waals surface area contributed by atoms with Gasteiger partial charge in [0.05, 0.1) is 5.60 Å². The molecule has 2 heteroatoms. The fraction of sp³-hybridized carbons (Fsp3) is 1.00. The Morgan fingerprint density at radius 1 is 1.27 bits per heavy atom. The fourth-order valence-corrected chi connectivity index (χ4v) is 2.43. The van der Waals surface area contributed by atoms with Crippen LogP contribution in [0.3, 0.4) is 0 Å². The second-order valence-electron chi connectivity index (χ2n) is 5.21. The monoisotopic (exact) mass is 214 g/mol. The normalized spacial score (nSPS) is 22.6. The van der Waals surface area contributed by atoms with Crippen molar-refractivity contribution in [2.45, 2.75) is 64.4 Å². The van der Waals surface area contributed by atoms with Gasteiger partial charge in [0.25, 0.3) is 0 Å². The molecule has 1 unspecified atom stereocenters. The van der Waals surface area contributed by atoms with Gasteiger partial charge in [-0.15, -0.1) is 0 Å². The lowest BCUT2D eigenvalue weighted by molar-refractivity contribution is -0.00638. The second-order valence-corrected chi connectivity index (χ2v) is 5.21. The maximum atomic E-state index is 10.3. The predicted octanol–water partition coefficient (Wildman–Crippen LogP) is 3.13. The summed E-state index contributed by atoms with van der Waals surface area (Å²) in [5.41, 5.74) is -0.447. The van der Waals surface area contributed by atoms with Crippen molar-refractivity contribution in [1.82, 2.24) is 0 Å². The molecule has 1 fully saturated rings. The summed E-state index contributed by atoms with van der Waals surface area (Å²) in [6.07, 6.45) is 7.80. The summed E-state index contributed by atoms with van der Waals surface area (Å²) >= 11 is 0. The van der Waals surface area contributed by atoms with E-state index in [1.165, 1.54) is 12.8 Å². The molecule has 2 nitrogen and oxygen atoms in total. The molecule has 0 amide bonds. The molecule has 0 aromatic carbocycles. The summed E-state index contributed by atoms with van der Waals surface area (Å²) in [7, 11) is 0. The largest absolute Gasteiger partial charge is 0.390 e. The van der Waals surface area contributed by atoms with Crippen LogP contribution in [0.1, 0.15) is 58.8 Å². The van der Waals surface area contributed by atoms with Crippen LogP contribution in [-0.2, 0) is 4.74 Å². The maximum absolute atomic E-state index is 10.3. The highest BCUT2D eigenvalue weighted by atomic mass is 16.5. The highest BCUT2D eigenvalue weighted by Gasteiger charge is 2.26. The molecule has 0 radical (unpaired) electrons. The first kappa shape index (κ1) is 13.0. The Morgan fingerprint density at radius 2 is 1.93 bits per heavy atom. The van der Waals surface area contributed by atoms with Crippen LogP contribution < -0.4 is 0 Å². The molecule has 0 aliphatic carbocycles. The average molecular weight is 214 g/mol. The van der Waals surface area contributed by atoms with E-state index >= 15 is 0 Å². The van der Waals surface area contributed by atoms with E-state index in [2.05, 4.69) is 6.92 Å². The Hall–Kier alpha value is -0.0800. The zero-order chi connectivity index (χ0) is 11.1. The highest BCUT2D eigenvalue weighted by molar-refractivity contribution is 4.78. The Balaban J connectivity index is 2.20. The zero-order valence-electron chi connectivity index (χ0n) is 10.3. The number of unbranched alkanes of at least 4 members (excludes halogenated alkanes) is 2. The third-order valence-electron chi connectivity index (χ3n) is 3.39. The molecule has 1 rings (SSSR count). The highest BCUT2D eigenvalue weighted by Crippen LogP contribution is 2.28. The van der Waals surface area contributed by atoms with Crippen LogP contribution in [0.15, 0.2) is 0 Å². The quantitative estimate of drug-likeness (QED) is 0.688. The first-order chi connectivity index (χ1) is 7.14. The van der Waals surface area contributed by atoms with E-state index < -0.39 is 5.60 Å². The minimum absolute atomic E-state index is 0.447. The van der Waals surface area contributed by atoms with E-state index in [4.69, 9.17) is 4.74 Å². The van der Waals surface area contributed by atoms with Gasteiger partial charge >= 0.3 is 0 Å². The van der Waals surface area contributed by atoms with Gasteiger partial charge < -0.3 is 9.84 Å². The van der Waals surface area contributed by atoms with E-state index in [9.17, 15) is 5.11 Å². The summed E-state index contributed by atoms with van der Waals surface area (Å²) < 4.78 is 5.33. The molecule has 1 atom stereocenters. The van der Waals surface area contributed by atoms with Gasteiger partial charge in [-0.2, -0.15) is 0 Å². The van der Waals surface area contributed by atoms with E-state index in [0.717, 1.165) is 45.3 Å². The summed E-state index contributed by atoms with van der Waals surface area (Å²) in [5.74, 6) is 0.676. The molecule has 1 aliphatic rings. The molecule has 0 bridgehead atoms. The third-order valence-corrected chi connectivity index (χ3v) is 3.39. The van der Waals surface area contributed by atoms with Crippen LogP contribution in [0.4, 0.5) is 0 Å². The molecule has 0 spiro atoms. The van der Waals surface area contributed by atoms with Crippen LogP contribution in [0.5, 0.6) is 0 Å². The lowest BCUT2D eigenvalue weighted by Crippen LogP contribution is -2.30. The number of ether oxygens (including phenoxy) is 1. The van der Waals surface area contributed by atoms with E-state index in [1.54, 1.807) is 0 Å². The third kappa shape index (κ3) is 5.53. The molecule has 0 saturated carbocycles. The first-order valence-corrected chi connectivity index (χ1v) is 6.44. The van der Waals surface area contributed by atoms with Crippen molar-refractivity contribution in [1.29, 1.82) is 0 Å². The van der Waals surface area contributed by atoms with Crippen molar-refractivity contribution in [3.8, 4) is 0 Å². The Morgan fingerprint density at radius 3 is 2.53 bits per heavy atom. The number of hydrogen-bond donors (Lipinski definition) is 1. The summed E-state index contributed by atoms with van der Waals surface area (Å²) in [5, 5.41) is 10.3. The average Bonchev–Trinajstić information content (AvgIpc) is 2.18. The van der Waals surface area contributed by atoms with Gasteiger partial charge in [-0.25, -0.2) is 0 Å². The SMILES string of the molecule is CCCCCC(C)(O)CC1CCOCC1. The topological polar surface area (TPSA) is 29.5 Å². The lowest BCUT2D eigenvalue weighted by Gasteiger charge is -2.30. The van der Waals surface area contributed by atoms with Crippen molar-refractivity contribution in [2.24, 2.45) is 5.92 Å². The summed E-state index contributed by atoms with van der Waals surface area (Å²) in [6.45, 7) is 5.97. The van der Waals surface area contributed by atoms with Crippen LogP contribution in [-0.4, -0.2) is 23.9 Å². The van der Waals surface area contributed by atoms with Gasteiger partial charge in [0, 0.05) is 13.2 Å². The van der Waals surface area contributed by atoms with Crippen LogP contribution in [0.2, 0.25) is 0 Å². The number of rotatable bonds is 6. The number of hydrogen-bond acceptors (Lipinski definition) is 2. The van der Waals surface area contributed by atoms with Gasteiger partial charge in [-0.1, -0.05) is 26.2 Å². The fourth-order valence-electron chi connectivity index (χ4n) is 2.43. The minimum atomic E-state index is -0.447. The van der Waals surface area contributed by atoms with E-state index in [-0.39, 0.29) is 0 Å². The second kappa shape index (κ2) is 6.49. The first-order valence-electron chi connectivity index (χ1n) is 6.44. The standard InChI is InChI=1S/C13H26O2/c1-3-4-5-8-13(2,14)11-12-6-9-15-10-7-12/h12,14H,3-11H2,1-2H3. The molecule has 1 N–H and O–H groups in total. The molecule has 1 heterocycles.